The lowest BCUT2D eigenvalue weighted by molar-refractivity contribution is -0.0366. The van der Waals surface area contributed by atoms with Crippen LogP contribution >= 0.6 is 23.5 Å². The van der Waals surface area contributed by atoms with Crippen molar-refractivity contribution < 1.29 is 60.3 Å². The van der Waals surface area contributed by atoms with Crippen molar-refractivity contribution in [3.8, 4) is 0 Å². The third kappa shape index (κ3) is 14.8. The van der Waals surface area contributed by atoms with E-state index in [1.807, 2.05) is 35.5 Å². The second-order valence-electron chi connectivity index (χ2n) is 9.25. The highest BCUT2D eigenvalue weighted by Gasteiger charge is 2.44. The first kappa shape index (κ1) is 33.4. The third-order valence-electron chi connectivity index (χ3n) is 4.75. The van der Waals surface area contributed by atoms with Crippen LogP contribution in [0.3, 0.4) is 0 Å². The molecule has 1 fully saturated rings. The first-order chi connectivity index (χ1) is 16.1. The molecule has 3 N–H and O–H groups in total. The smallest absolute Gasteiger partial charge is 0.381 e. The highest BCUT2D eigenvalue weighted by molar-refractivity contribution is 7.47. The van der Waals surface area contributed by atoms with E-state index >= 15 is 0 Å². The van der Waals surface area contributed by atoms with E-state index in [1.54, 1.807) is 0 Å². The van der Waals surface area contributed by atoms with Crippen LogP contribution in [0.2, 0.25) is 0 Å². The summed E-state index contributed by atoms with van der Waals surface area (Å²) in [4.78, 5) is 29.1. The van der Waals surface area contributed by atoms with Crippen molar-refractivity contribution in [2.24, 2.45) is 5.41 Å². The Morgan fingerprint density at radius 2 is 1.20 bits per heavy atom. The average molecular weight is 568 g/mol. The van der Waals surface area contributed by atoms with Gasteiger partial charge in [0.15, 0.2) is 0 Å². The molecule has 208 valence electrons. The van der Waals surface area contributed by atoms with Crippen LogP contribution in [0.15, 0.2) is 0 Å². The number of rotatable bonds is 18. The van der Waals surface area contributed by atoms with Crippen LogP contribution in [0.1, 0.15) is 59.8 Å². The molecule has 17 heteroatoms. The summed E-state index contributed by atoms with van der Waals surface area (Å²) in [5, 5.41) is 0. The van der Waals surface area contributed by atoms with Crippen molar-refractivity contribution in [1.82, 2.24) is 0 Å². The molecule has 1 aliphatic heterocycles. The van der Waals surface area contributed by atoms with E-state index in [-0.39, 0.29) is 63.4 Å². The minimum absolute atomic E-state index is 0.0218. The van der Waals surface area contributed by atoms with Gasteiger partial charge in [-0.25, -0.2) is 13.7 Å². The number of phosphoric acid groups is 3. The molecular weight excluding hydrogens is 528 g/mol. The Balaban J connectivity index is 2.23. The molecule has 0 saturated carbocycles. The second-order valence-corrected chi connectivity index (χ2v) is 13.6. The minimum Gasteiger partial charge on any atom is -0.381 e. The molecule has 0 amide bonds. The van der Waals surface area contributed by atoms with Crippen LogP contribution in [0, 0.1) is 5.41 Å². The molecule has 0 spiro atoms. The van der Waals surface area contributed by atoms with Gasteiger partial charge >= 0.3 is 23.5 Å². The van der Waals surface area contributed by atoms with E-state index in [4.69, 9.17) is 31.9 Å². The van der Waals surface area contributed by atoms with Crippen LogP contribution in [0.4, 0.5) is 0 Å². The average Bonchev–Trinajstić information content (AvgIpc) is 3.07. The second kappa shape index (κ2) is 15.1. The van der Waals surface area contributed by atoms with Gasteiger partial charge in [-0.2, -0.15) is 0 Å². The van der Waals surface area contributed by atoms with Crippen molar-refractivity contribution in [3.63, 3.8) is 0 Å². The van der Waals surface area contributed by atoms with Gasteiger partial charge in [-0.05, 0) is 31.1 Å². The molecule has 0 bridgehead atoms. The highest BCUT2D eigenvalue weighted by atomic mass is 31.2. The number of phosphoric ester groups is 3. The molecule has 0 aromatic carbocycles. The molecule has 0 aromatic heterocycles. The van der Waals surface area contributed by atoms with Crippen molar-refractivity contribution in [1.29, 1.82) is 0 Å². The van der Waals surface area contributed by atoms with Gasteiger partial charge in [0.1, 0.15) is 7.85 Å². The van der Waals surface area contributed by atoms with Gasteiger partial charge in [0.25, 0.3) is 0 Å². The summed E-state index contributed by atoms with van der Waals surface area (Å²) in [6, 6.07) is -0.116. The Morgan fingerprint density at radius 3 is 1.60 bits per heavy atom. The summed E-state index contributed by atoms with van der Waals surface area (Å²) in [7, 11) is -11.1. The number of ether oxygens (including phenoxy) is 1. The maximum atomic E-state index is 12.3. The molecule has 35 heavy (non-hydrogen) atoms. The summed E-state index contributed by atoms with van der Waals surface area (Å²) in [6.07, 6.45) is 0.961. The van der Waals surface area contributed by atoms with E-state index < -0.39 is 29.6 Å². The fourth-order valence-electron chi connectivity index (χ4n) is 3.14. The minimum atomic E-state index is -4.39. The van der Waals surface area contributed by atoms with Gasteiger partial charge in [0.2, 0.25) is 0 Å². The molecule has 13 nitrogen and oxygen atoms in total. The Hall–Kier alpha value is 0.355. The lowest BCUT2D eigenvalue weighted by Crippen LogP contribution is -2.36. The van der Waals surface area contributed by atoms with Crippen LogP contribution in [-0.4, -0.2) is 73.8 Å². The summed E-state index contributed by atoms with van der Waals surface area (Å²) in [6.45, 7) is 6.81. The highest BCUT2D eigenvalue weighted by Crippen LogP contribution is 2.49. The van der Waals surface area contributed by atoms with Gasteiger partial charge in [-0.15, -0.1) is 0 Å². The third-order valence-corrected chi connectivity index (χ3v) is 7.83. The topological polar surface area (TPSA) is 177 Å². The lowest BCUT2D eigenvalue weighted by atomic mass is 9.85. The van der Waals surface area contributed by atoms with Gasteiger partial charge in [0.05, 0.1) is 45.2 Å². The Morgan fingerprint density at radius 1 is 0.800 bits per heavy atom. The standard InChI is InChI=1S/C18H40BO13P3/c1-5-6-9-26-33(20,21)27-10-7-11-28-34(22,23)29-12-8-13-30-35(24,25)32-15-14-16(19)31-17(15)18(2,3)4/h15-17H,5-14,19H2,1-4H3,(H,20,21)(H,22,23)(H,24,25). The predicted molar refractivity (Wildman–Crippen MR) is 130 cm³/mol. The number of hydrogen-bond donors (Lipinski definition) is 3. The van der Waals surface area contributed by atoms with Crippen LogP contribution < -0.4 is 0 Å². The van der Waals surface area contributed by atoms with Crippen molar-refractivity contribution in [2.75, 3.05) is 33.0 Å². The molecule has 1 saturated heterocycles. The zero-order valence-corrected chi connectivity index (χ0v) is 23.8. The van der Waals surface area contributed by atoms with Gasteiger partial charge in [-0.3, -0.25) is 27.1 Å². The zero-order chi connectivity index (χ0) is 26.8. The molecule has 0 aliphatic carbocycles. The molecule has 0 aromatic rings. The van der Waals surface area contributed by atoms with E-state index in [1.165, 1.54) is 0 Å². The molecule has 1 heterocycles. The Bertz CT molecular complexity index is 762. The van der Waals surface area contributed by atoms with Crippen molar-refractivity contribution in [2.45, 2.75) is 78.0 Å². The molecule has 1 rings (SSSR count). The zero-order valence-electron chi connectivity index (χ0n) is 21.1. The molecular formula is C18H40BO13P3. The number of unbranched alkanes of at least 4 members (excludes halogenated alkanes) is 1. The monoisotopic (exact) mass is 568 g/mol. The molecule has 1 aliphatic rings. The van der Waals surface area contributed by atoms with Gasteiger partial charge in [0, 0.05) is 6.00 Å². The lowest BCUT2D eigenvalue weighted by Gasteiger charge is -2.31. The van der Waals surface area contributed by atoms with Crippen molar-refractivity contribution >= 4 is 31.3 Å². The van der Waals surface area contributed by atoms with Crippen LogP contribution in [0.5, 0.6) is 0 Å². The largest absolute Gasteiger partial charge is 0.472 e. The van der Waals surface area contributed by atoms with E-state index in [9.17, 15) is 28.4 Å². The molecule has 6 atom stereocenters. The van der Waals surface area contributed by atoms with E-state index in [0.29, 0.717) is 12.8 Å². The quantitative estimate of drug-likeness (QED) is 0.125. The first-order valence-corrected chi connectivity index (χ1v) is 16.1. The SMILES string of the molecule is BC1CC(OP(=O)(O)OCCCOP(=O)(O)OCCCOP(=O)(O)OCCCC)C(C(C)(C)C)O1. The van der Waals surface area contributed by atoms with Crippen molar-refractivity contribution in [3.05, 3.63) is 0 Å². The normalized spacial score (nSPS) is 26.2. The maximum absolute atomic E-state index is 12.3. The summed E-state index contributed by atoms with van der Waals surface area (Å²) in [5.41, 5.74) is -0.294. The van der Waals surface area contributed by atoms with Crippen LogP contribution in [-0.2, 0) is 45.6 Å². The molecule has 6 unspecified atom stereocenters. The number of hydrogen-bond acceptors (Lipinski definition) is 10. The Kier molecular flexibility index (Phi) is 14.4. The first-order valence-electron chi connectivity index (χ1n) is 11.6. The summed E-state index contributed by atoms with van der Waals surface area (Å²) >= 11 is 0. The molecule has 0 radical (unpaired) electrons. The fraction of sp³-hybridized carbons (Fsp3) is 1.00. The van der Waals surface area contributed by atoms with Gasteiger partial charge in [-0.1, -0.05) is 34.1 Å². The van der Waals surface area contributed by atoms with E-state index in [2.05, 4.69) is 0 Å². The van der Waals surface area contributed by atoms with Gasteiger partial charge < -0.3 is 19.4 Å². The summed E-state index contributed by atoms with van der Waals surface area (Å²) < 4.78 is 70.8. The maximum Gasteiger partial charge on any atom is 0.472 e. The summed E-state index contributed by atoms with van der Waals surface area (Å²) in [5.74, 6) is 0. The van der Waals surface area contributed by atoms with E-state index in [0.717, 1.165) is 6.42 Å². The predicted octanol–water partition coefficient (Wildman–Crippen LogP) is 3.13. The Labute approximate surface area is 208 Å². The fourth-order valence-corrected chi connectivity index (χ4v) is 5.69. The van der Waals surface area contributed by atoms with Crippen LogP contribution in [0.25, 0.3) is 0 Å².